The van der Waals surface area contributed by atoms with Crippen molar-refractivity contribution in [3.05, 3.63) is 63.4 Å². The smallest absolute Gasteiger partial charge is 0.107 e. The molecule has 2 aromatic carbocycles. The molecule has 20 heavy (non-hydrogen) atoms. The third-order valence-corrected chi connectivity index (χ3v) is 4.34. The molecule has 0 spiro atoms. The molecule has 3 heteroatoms. The van der Waals surface area contributed by atoms with Crippen LogP contribution in [0.25, 0.3) is 11.0 Å². The van der Waals surface area contributed by atoms with Crippen LogP contribution in [0.1, 0.15) is 22.5 Å². The SMILES string of the molecule is Cc1cc2nc(C)n(Cc3ccc(Br)cc3)c2cc1C. The maximum absolute atomic E-state index is 4.68. The van der Waals surface area contributed by atoms with Gasteiger partial charge in [-0.15, -0.1) is 0 Å². The van der Waals surface area contributed by atoms with Crippen molar-refractivity contribution in [2.24, 2.45) is 0 Å². The first kappa shape index (κ1) is 13.4. The molecule has 3 aromatic rings. The minimum absolute atomic E-state index is 0.859. The molecule has 0 aliphatic rings. The molecule has 0 N–H and O–H groups in total. The summed E-state index contributed by atoms with van der Waals surface area (Å²) in [5.41, 5.74) is 6.20. The molecule has 1 heterocycles. The third kappa shape index (κ3) is 2.38. The molecule has 0 saturated heterocycles. The zero-order valence-electron chi connectivity index (χ0n) is 11.9. The van der Waals surface area contributed by atoms with Crippen LogP contribution in [0.5, 0.6) is 0 Å². The van der Waals surface area contributed by atoms with Gasteiger partial charge >= 0.3 is 0 Å². The number of hydrogen-bond donors (Lipinski definition) is 0. The van der Waals surface area contributed by atoms with E-state index in [-0.39, 0.29) is 0 Å². The molecular weight excluding hydrogens is 312 g/mol. The second-order valence-corrected chi connectivity index (χ2v) is 6.21. The Kier molecular flexibility index (Phi) is 3.38. The van der Waals surface area contributed by atoms with Gasteiger partial charge in [0.05, 0.1) is 11.0 Å². The molecule has 0 bridgehead atoms. The minimum Gasteiger partial charge on any atom is -0.324 e. The lowest BCUT2D eigenvalue weighted by atomic mass is 10.1. The molecule has 0 saturated carbocycles. The topological polar surface area (TPSA) is 17.8 Å². The number of benzene rings is 2. The quantitative estimate of drug-likeness (QED) is 0.662. The summed E-state index contributed by atoms with van der Waals surface area (Å²) in [6.07, 6.45) is 0. The fraction of sp³-hybridized carbons (Fsp3) is 0.235. The van der Waals surface area contributed by atoms with Gasteiger partial charge in [-0.3, -0.25) is 0 Å². The van der Waals surface area contributed by atoms with Crippen LogP contribution in [0.15, 0.2) is 40.9 Å². The zero-order chi connectivity index (χ0) is 14.3. The average molecular weight is 329 g/mol. The van der Waals surface area contributed by atoms with E-state index in [0.717, 1.165) is 22.4 Å². The number of hydrogen-bond acceptors (Lipinski definition) is 1. The van der Waals surface area contributed by atoms with E-state index in [2.05, 4.69) is 82.7 Å². The zero-order valence-corrected chi connectivity index (χ0v) is 13.5. The maximum atomic E-state index is 4.68. The summed E-state index contributed by atoms with van der Waals surface area (Å²) in [6.45, 7) is 7.22. The molecule has 0 fully saturated rings. The Hall–Kier alpha value is -1.61. The Balaban J connectivity index is 2.08. The largest absolute Gasteiger partial charge is 0.324 e. The standard InChI is InChI=1S/C17H17BrN2/c1-11-8-16-17(9-12(11)2)20(13(3)19-16)10-14-4-6-15(18)7-5-14/h4-9H,10H2,1-3H3. The van der Waals surface area contributed by atoms with Crippen LogP contribution in [-0.4, -0.2) is 9.55 Å². The first-order chi connectivity index (χ1) is 9.54. The molecule has 0 radical (unpaired) electrons. The highest BCUT2D eigenvalue weighted by atomic mass is 79.9. The van der Waals surface area contributed by atoms with Crippen LogP contribution >= 0.6 is 15.9 Å². The monoisotopic (exact) mass is 328 g/mol. The van der Waals surface area contributed by atoms with Crippen LogP contribution < -0.4 is 0 Å². The lowest BCUT2D eigenvalue weighted by Crippen LogP contribution is -2.02. The van der Waals surface area contributed by atoms with Gasteiger partial charge < -0.3 is 4.57 Å². The summed E-state index contributed by atoms with van der Waals surface area (Å²) in [5, 5.41) is 0. The molecular formula is C17H17BrN2. The Labute approximate surface area is 127 Å². The van der Waals surface area contributed by atoms with Crippen LogP contribution in [0.4, 0.5) is 0 Å². The van der Waals surface area contributed by atoms with Crippen LogP contribution in [0, 0.1) is 20.8 Å². The lowest BCUT2D eigenvalue weighted by molar-refractivity contribution is 0.785. The summed E-state index contributed by atoms with van der Waals surface area (Å²) >= 11 is 3.48. The maximum Gasteiger partial charge on any atom is 0.107 e. The van der Waals surface area contributed by atoms with E-state index in [0.29, 0.717) is 0 Å². The molecule has 0 amide bonds. The first-order valence-corrected chi connectivity index (χ1v) is 7.52. The molecule has 2 nitrogen and oxygen atoms in total. The fourth-order valence-corrected chi connectivity index (χ4v) is 2.74. The summed E-state index contributed by atoms with van der Waals surface area (Å²) in [5.74, 6) is 1.06. The number of rotatable bonds is 2. The van der Waals surface area contributed by atoms with Crippen molar-refractivity contribution in [1.82, 2.24) is 9.55 Å². The predicted octanol–water partition coefficient (Wildman–Crippen LogP) is 4.77. The van der Waals surface area contributed by atoms with Gasteiger partial charge in [0, 0.05) is 11.0 Å². The number of halogens is 1. The van der Waals surface area contributed by atoms with Crippen molar-refractivity contribution in [2.75, 3.05) is 0 Å². The van der Waals surface area contributed by atoms with E-state index < -0.39 is 0 Å². The first-order valence-electron chi connectivity index (χ1n) is 6.73. The minimum atomic E-state index is 0.859. The van der Waals surface area contributed by atoms with Crippen LogP contribution in [-0.2, 0) is 6.54 Å². The van der Waals surface area contributed by atoms with Gasteiger partial charge in [0.15, 0.2) is 0 Å². The highest BCUT2D eigenvalue weighted by Crippen LogP contribution is 2.22. The van der Waals surface area contributed by atoms with Crippen molar-refractivity contribution in [1.29, 1.82) is 0 Å². The number of aromatic nitrogens is 2. The van der Waals surface area contributed by atoms with Gasteiger partial charge in [-0.25, -0.2) is 4.98 Å². The Morgan fingerprint density at radius 1 is 1.00 bits per heavy atom. The van der Waals surface area contributed by atoms with Gasteiger partial charge in [-0.05, 0) is 61.7 Å². The van der Waals surface area contributed by atoms with E-state index in [1.807, 2.05) is 0 Å². The van der Waals surface area contributed by atoms with Crippen molar-refractivity contribution < 1.29 is 0 Å². The van der Waals surface area contributed by atoms with E-state index in [9.17, 15) is 0 Å². The molecule has 0 aliphatic carbocycles. The fourth-order valence-electron chi connectivity index (χ4n) is 2.47. The molecule has 0 aliphatic heterocycles. The van der Waals surface area contributed by atoms with Gasteiger partial charge in [0.1, 0.15) is 5.82 Å². The van der Waals surface area contributed by atoms with Gasteiger partial charge in [0.25, 0.3) is 0 Å². The Morgan fingerprint density at radius 3 is 2.35 bits per heavy atom. The number of aryl methyl sites for hydroxylation is 3. The molecule has 0 atom stereocenters. The van der Waals surface area contributed by atoms with Crippen molar-refractivity contribution >= 4 is 27.0 Å². The highest BCUT2D eigenvalue weighted by Gasteiger charge is 2.09. The summed E-state index contributed by atoms with van der Waals surface area (Å²) in [4.78, 5) is 4.68. The second kappa shape index (κ2) is 5.06. The summed E-state index contributed by atoms with van der Waals surface area (Å²) in [6, 6.07) is 12.9. The molecule has 3 rings (SSSR count). The van der Waals surface area contributed by atoms with E-state index in [4.69, 9.17) is 0 Å². The van der Waals surface area contributed by atoms with Gasteiger partial charge in [0.2, 0.25) is 0 Å². The van der Waals surface area contributed by atoms with Crippen molar-refractivity contribution in [3.63, 3.8) is 0 Å². The third-order valence-electron chi connectivity index (χ3n) is 3.81. The Bertz CT molecular complexity index is 770. The van der Waals surface area contributed by atoms with E-state index >= 15 is 0 Å². The summed E-state index contributed by atoms with van der Waals surface area (Å²) < 4.78 is 3.39. The van der Waals surface area contributed by atoms with Crippen LogP contribution in [0.3, 0.4) is 0 Å². The van der Waals surface area contributed by atoms with Crippen molar-refractivity contribution in [2.45, 2.75) is 27.3 Å². The van der Waals surface area contributed by atoms with Gasteiger partial charge in [-0.1, -0.05) is 28.1 Å². The van der Waals surface area contributed by atoms with Crippen molar-refractivity contribution in [3.8, 4) is 0 Å². The Morgan fingerprint density at radius 2 is 1.65 bits per heavy atom. The highest BCUT2D eigenvalue weighted by molar-refractivity contribution is 9.10. The lowest BCUT2D eigenvalue weighted by Gasteiger charge is -2.08. The normalized spacial score (nSPS) is 11.2. The molecule has 0 unspecified atom stereocenters. The number of fused-ring (bicyclic) bond motifs is 1. The summed E-state index contributed by atoms with van der Waals surface area (Å²) in [7, 11) is 0. The number of imidazole rings is 1. The predicted molar refractivity (Wildman–Crippen MR) is 87.2 cm³/mol. The van der Waals surface area contributed by atoms with E-state index in [1.165, 1.54) is 22.2 Å². The van der Waals surface area contributed by atoms with Crippen LogP contribution in [0.2, 0.25) is 0 Å². The molecule has 1 aromatic heterocycles. The average Bonchev–Trinajstić information content (AvgIpc) is 2.69. The number of nitrogens with zero attached hydrogens (tertiary/aromatic N) is 2. The second-order valence-electron chi connectivity index (χ2n) is 5.30. The van der Waals surface area contributed by atoms with Gasteiger partial charge in [-0.2, -0.15) is 0 Å². The van der Waals surface area contributed by atoms with E-state index in [1.54, 1.807) is 0 Å². The molecule has 102 valence electrons.